The summed E-state index contributed by atoms with van der Waals surface area (Å²) in [4.78, 5) is 11.3. The summed E-state index contributed by atoms with van der Waals surface area (Å²) in [6, 6.07) is 23.6. The summed E-state index contributed by atoms with van der Waals surface area (Å²) in [5, 5.41) is 0. The quantitative estimate of drug-likeness (QED) is 0.551. The predicted octanol–water partition coefficient (Wildman–Crippen LogP) is 5.74. The van der Waals surface area contributed by atoms with Crippen LogP contribution in [0.3, 0.4) is 0 Å². The third kappa shape index (κ3) is 4.02. The average Bonchev–Trinajstić information content (AvgIpc) is 2.66. The highest BCUT2D eigenvalue weighted by Gasteiger charge is 2.11. The van der Waals surface area contributed by atoms with E-state index in [-0.39, 0.29) is 5.97 Å². The summed E-state index contributed by atoms with van der Waals surface area (Å²) in [6.07, 6.45) is 1.11. The molecule has 0 saturated carbocycles. The van der Waals surface area contributed by atoms with Gasteiger partial charge in [0.2, 0.25) is 0 Å². The van der Waals surface area contributed by atoms with E-state index in [9.17, 15) is 4.79 Å². The van der Waals surface area contributed by atoms with Gasteiger partial charge in [0, 0.05) is 6.42 Å². The molecule has 0 atom stereocenters. The number of carbonyl (C=O) groups is 1. The number of ether oxygens (including phenoxy) is 1. The second kappa shape index (κ2) is 8.01. The molecule has 2 heteroatoms. The molecule has 0 heterocycles. The topological polar surface area (TPSA) is 26.3 Å². The van der Waals surface area contributed by atoms with Crippen LogP contribution in [0.2, 0.25) is 0 Å². The lowest BCUT2D eigenvalue weighted by molar-refractivity contribution is -0.140. The van der Waals surface area contributed by atoms with Crippen molar-refractivity contribution >= 4 is 5.97 Å². The first-order valence-electron chi connectivity index (χ1n) is 8.91. The number of hydrogen-bond donors (Lipinski definition) is 0. The Morgan fingerprint density at radius 3 is 2.31 bits per heavy atom. The van der Waals surface area contributed by atoms with Gasteiger partial charge in [-0.15, -0.1) is 0 Å². The van der Waals surface area contributed by atoms with Crippen molar-refractivity contribution in [2.45, 2.75) is 26.7 Å². The van der Waals surface area contributed by atoms with Crippen LogP contribution >= 0.6 is 0 Å². The molecule has 0 aliphatic rings. The number of benzene rings is 3. The van der Waals surface area contributed by atoms with E-state index in [4.69, 9.17) is 4.74 Å². The minimum atomic E-state index is -0.172. The monoisotopic (exact) mass is 344 g/mol. The fraction of sp³-hybridized carbons (Fsp3) is 0.208. The predicted molar refractivity (Wildman–Crippen MR) is 107 cm³/mol. The van der Waals surface area contributed by atoms with Gasteiger partial charge in [0.05, 0.1) is 7.11 Å². The molecular formula is C24H24O2. The molecule has 0 aromatic heterocycles. The lowest BCUT2D eigenvalue weighted by Crippen LogP contribution is -2.01. The van der Waals surface area contributed by atoms with Crippen LogP contribution in [-0.2, 0) is 16.0 Å². The molecule has 0 amide bonds. The fourth-order valence-corrected chi connectivity index (χ4v) is 3.29. The number of hydrogen-bond acceptors (Lipinski definition) is 2. The molecule has 0 unspecified atom stereocenters. The standard InChI is InChI=1S/C24H24O2/c1-17-6-4-8-21(16-17)22-9-5-7-18(2)24(22)20-13-10-19(11-14-20)12-15-23(25)26-3/h4-11,13-14,16H,12,15H2,1-3H3. The number of esters is 1. The van der Waals surface area contributed by atoms with Crippen LogP contribution in [0.4, 0.5) is 0 Å². The Labute approximate surface area is 155 Å². The zero-order valence-electron chi connectivity index (χ0n) is 15.6. The van der Waals surface area contributed by atoms with Crippen LogP contribution in [0.25, 0.3) is 22.3 Å². The number of methoxy groups -OCH3 is 1. The summed E-state index contributed by atoms with van der Waals surface area (Å²) in [5.74, 6) is -0.172. The molecule has 0 aliphatic heterocycles. The minimum absolute atomic E-state index is 0.172. The Morgan fingerprint density at radius 2 is 1.62 bits per heavy atom. The van der Waals surface area contributed by atoms with Crippen molar-refractivity contribution in [3.8, 4) is 22.3 Å². The van der Waals surface area contributed by atoms with Crippen molar-refractivity contribution in [3.63, 3.8) is 0 Å². The minimum Gasteiger partial charge on any atom is -0.469 e. The summed E-state index contributed by atoms with van der Waals surface area (Å²) in [5.41, 5.74) is 8.60. The van der Waals surface area contributed by atoms with Crippen LogP contribution in [0.1, 0.15) is 23.1 Å². The van der Waals surface area contributed by atoms with Gasteiger partial charge in [-0.2, -0.15) is 0 Å². The lowest BCUT2D eigenvalue weighted by Gasteiger charge is -2.14. The van der Waals surface area contributed by atoms with Crippen LogP contribution in [0.5, 0.6) is 0 Å². The van der Waals surface area contributed by atoms with E-state index in [0.717, 1.165) is 5.56 Å². The van der Waals surface area contributed by atoms with Crippen molar-refractivity contribution in [1.29, 1.82) is 0 Å². The van der Waals surface area contributed by atoms with Crippen LogP contribution < -0.4 is 0 Å². The maximum atomic E-state index is 11.3. The molecule has 0 bridgehead atoms. The molecule has 0 saturated heterocycles. The molecule has 0 spiro atoms. The van der Waals surface area contributed by atoms with Gasteiger partial charge in [-0.1, -0.05) is 72.3 Å². The first-order chi connectivity index (χ1) is 12.6. The normalized spacial score (nSPS) is 10.6. The van der Waals surface area contributed by atoms with Crippen molar-refractivity contribution < 1.29 is 9.53 Å². The van der Waals surface area contributed by atoms with Gasteiger partial charge in [-0.25, -0.2) is 0 Å². The number of aryl methyl sites for hydroxylation is 3. The zero-order chi connectivity index (χ0) is 18.5. The van der Waals surface area contributed by atoms with Crippen molar-refractivity contribution in [2.75, 3.05) is 7.11 Å². The Bertz CT molecular complexity index is 908. The number of carbonyl (C=O) groups excluding carboxylic acids is 1. The first kappa shape index (κ1) is 17.9. The third-order valence-corrected chi connectivity index (χ3v) is 4.69. The Kier molecular flexibility index (Phi) is 5.52. The lowest BCUT2D eigenvalue weighted by atomic mass is 9.90. The summed E-state index contributed by atoms with van der Waals surface area (Å²) in [6.45, 7) is 4.27. The number of rotatable bonds is 5. The molecule has 0 N–H and O–H groups in total. The Balaban J connectivity index is 1.95. The van der Waals surface area contributed by atoms with E-state index in [1.165, 1.54) is 40.5 Å². The molecule has 26 heavy (non-hydrogen) atoms. The zero-order valence-corrected chi connectivity index (χ0v) is 15.6. The van der Waals surface area contributed by atoms with E-state index >= 15 is 0 Å². The molecule has 0 radical (unpaired) electrons. The van der Waals surface area contributed by atoms with Gasteiger partial charge in [-0.3, -0.25) is 4.79 Å². The van der Waals surface area contributed by atoms with Crippen molar-refractivity contribution in [3.05, 3.63) is 83.4 Å². The van der Waals surface area contributed by atoms with E-state index in [1.807, 2.05) is 0 Å². The van der Waals surface area contributed by atoms with E-state index in [2.05, 4.69) is 80.6 Å². The molecule has 132 valence electrons. The maximum absolute atomic E-state index is 11.3. The van der Waals surface area contributed by atoms with Gasteiger partial charge < -0.3 is 4.74 Å². The van der Waals surface area contributed by atoms with Gasteiger partial charge in [0.25, 0.3) is 0 Å². The molecule has 0 fully saturated rings. The summed E-state index contributed by atoms with van der Waals surface area (Å²) in [7, 11) is 1.43. The van der Waals surface area contributed by atoms with Crippen LogP contribution in [0.15, 0.2) is 66.7 Å². The largest absolute Gasteiger partial charge is 0.469 e. The molecular weight excluding hydrogens is 320 g/mol. The first-order valence-corrected chi connectivity index (χ1v) is 8.91. The fourth-order valence-electron chi connectivity index (χ4n) is 3.29. The Hall–Kier alpha value is -2.87. The molecule has 3 rings (SSSR count). The van der Waals surface area contributed by atoms with Crippen LogP contribution in [0, 0.1) is 13.8 Å². The third-order valence-electron chi connectivity index (χ3n) is 4.69. The highest BCUT2D eigenvalue weighted by atomic mass is 16.5. The highest BCUT2D eigenvalue weighted by molar-refractivity contribution is 5.85. The molecule has 0 aliphatic carbocycles. The van der Waals surface area contributed by atoms with E-state index < -0.39 is 0 Å². The smallest absolute Gasteiger partial charge is 0.305 e. The van der Waals surface area contributed by atoms with Crippen molar-refractivity contribution in [2.24, 2.45) is 0 Å². The second-order valence-corrected chi connectivity index (χ2v) is 6.64. The van der Waals surface area contributed by atoms with Gasteiger partial charge in [0.1, 0.15) is 0 Å². The average molecular weight is 344 g/mol. The van der Waals surface area contributed by atoms with Gasteiger partial charge in [0.15, 0.2) is 0 Å². The van der Waals surface area contributed by atoms with Gasteiger partial charge >= 0.3 is 5.97 Å². The maximum Gasteiger partial charge on any atom is 0.305 e. The summed E-state index contributed by atoms with van der Waals surface area (Å²) < 4.78 is 4.72. The highest BCUT2D eigenvalue weighted by Crippen LogP contribution is 2.35. The van der Waals surface area contributed by atoms with Crippen LogP contribution in [-0.4, -0.2) is 13.1 Å². The SMILES string of the molecule is COC(=O)CCc1ccc(-c2c(C)cccc2-c2cccc(C)c2)cc1. The Morgan fingerprint density at radius 1 is 0.885 bits per heavy atom. The molecule has 2 nitrogen and oxygen atoms in total. The van der Waals surface area contributed by atoms with Gasteiger partial charge in [-0.05, 0) is 53.6 Å². The summed E-state index contributed by atoms with van der Waals surface area (Å²) >= 11 is 0. The van der Waals surface area contributed by atoms with E-state index in [1.54, 1.807) is 0 Å². The van der Waals surface area contributed by atoms with Crippen molar-refractivity contribution in [1.82, 2.24) is 0 Å². The second-order valence-electron chi connectivity index (χ2n) is 6.64. The molecule has 3 aromatic carbocycles. The molecule has 3 aromatic rings. The van der Waals surface area contributed by atoms with E-state index in [0.29, 0.717) is 12.8 Å².